The molecule has 0 aliphatic rings. The third-order valence-corrected chi connectivity index (χ3v) is 4.13. The molecule has 1 rings (SSSR count). The zero-order valence-electron chi connectivity index (χ0n) is 13.6. The molecule has 1 unspecified atom stereocenters. The summed E-state index contributed by atoms with van der Waals surface area (Å²) >= 11 is 0. The van der Waals surface area contributed by atoms with E-state index >= 15 is 0 Å². The molecule has 1 aromatic heterocycles. The van der Waals surface area contributed by atoms with E-state index in [0.29, 0.717) is 6.04 Å². The van der Waals surface area contributed by atoms with E-state index in [1.165, 1.54) is 32.1 Å². The molecule has 0 amide bonds. The van der Waals surface area contributed by atoms with Crippen LogP contribution >= 0.6 is 0 Å². The molecule has 0 fully saturated rings. The van der Waals surface area contributed by atoms with Gasteiger partial charge in [-0.15, -0.1) is 0 Å². The summed E-state index contributed by atoms with van der Waals surface area (Å²) in [4.78, 5) is 0. The molecule has 1 atom stereocenters. The first kappa shape index (κ1) is 17.2. The number of hydrogen-bond donors (Lipinski definition) is 1. The zero-order valence-corrected chi connectivity index (χ0v) is 13.6. The summed E-state index contributed by atoms with van der Waals surface area (Å²) in [5, 5.41) is 4.69. The SMILES string of the molecule is CCCCCCCC(N)Cc1ccn(C(CC)CC)n1. The van der Waals surface area contributed by atoms with Gasteiger partial charge in [0.25, 0.3) is 0 Å². The smallest absolute Gasteiger partial charge is 0.0640 e. The second kappa shape index (κ2) is 9.98. The molecule has 0 saturated carbocycles. The second-order valence-electron chi connectivity index (χ2n) is 5.92. The molecule has 0 aliphatic heterocycles. The molecule has 0 radical (unpaired) electrons. The highest BCUT2D eigenvalue weighted by molar-refractivity contribution is 5.02. The second-order valence-corrected chi connectivity index (χ2v) is 5.92. The minimum Gasteiger partial charge on any atom is -0.327 e. The standard InChI is InChI=1S/C17H33N3/c1-4-7-8-9-10-11-15(18)14-16-12-13-20(19-16)17(5-2)6-3/h12-13,15,17H,4-11,14,18H2,1-3H3. The fraction of sp³-hybridized carbons (Fsp3) is 0.824. The molecule has 1 heterocycles. The van der Waals surface area contributed by atoms with Crippen LogP contribution < -0.4 is 5.73 Å². The summed E-state index contributed by atoms with van der Waals surface area (Å²) in [5.41, 5.74) is 7.37. The number of unbranched alkanes of at least 4 members (excludes halogenated alkanes) is 4. The summed E-state index contributed by atoms with van der Waals surface area (Å²) in [5.74, 6) is 0. The Labute approximate surface area is 124 Å². The molecule has 0 aromatic carbocycles. The van der Waals surface area contributed by atoms with Gasteiger partial charge in [0, 0.05) is 18.7 Å². The van der Waals surface area contributed by atoms with E-state index in [0.717, 1.165) is 31.4 Å². The van der Waals surface area contributed by atoms with Crippen LogP contribution in [0.1, 0.15) is 83.9 Å². The summed E-state index contributed by atoms with van der Waals surface area (Å²) in [6.07, 6.45) is 13.0. The largest absolute Gasteiger partial charge is 0.327 e. The molecule has 2 N–H and O–H groups in total. The minimum absolute atomic E-state index is 0.265. The summed E-state index contributed by atoms with van der Waals surface area (Å²) in [7, 11) is 0. The number of nitrogens with two attached hydrogens (primary N) is 1. The van der Waals surface area contributed by atoms with Crippen LogP contribution in [0.2, 0.25) is 0 Å². The Balaban J connectivity index is 2.29. The quantitative estimate of drug-likeness (QED) is 0.607. The first-order chi connectivity index (χ1) is 9.71. The van der Waals surface area contributed by atoms with E-state index in [1.807, 2.05) is 0 Å². The van der Waals surface area contributed by atoms with Crippen molar-refractivity contribution >= 4 is 0 Å². The van der Waals surface area contributed by atoms with Crippen molar-refractivity contribution in [3.63, 3.8) is 0 Å². The van der Waals surface area contributed by atoms with E-state index < -0.39 is 0 Å². The topological polar surface area (TPSA) is 43.8 Å². The van der Waals surface area contributed by atoms with Crippen molar-refractivity contribution in [3.05, 3.63) is 18.0 Å². The highest BCUT2D eigenvalue weighted by Gasteiger charge is 2.10. The maximum atomic E-state index is 6.22. The van der Waals surface area contributed by atoms with Crippen LogP contribution in [0, 0.1) is 0 Å². The van der Waals surface area contributed by atoms with Crippen LogP contribution in [0.25, 0.3) is 0 Å². The molecule has 0 saturated heterocycles. The van der Waals surface area contributed by atoms with Crippen molar-refractivity contribution in [3.8, 4) is 0 Å². The monoisotopic (exact) mass is 279 g/mol. The Morgan fingerprint density at radius 2 is 1.80 bits per heavy atom. The first-order valence-electron chi connectivity index (χ1n) is 8.50. The van der Waals surface area contributed by atoms with Crippen LogP contribution in [0.3, 0.4) is 0 Å². The van der Waals surface area contributed by atoms with Crippen LogP contribution in [0.4, 0.5) is 0 Å². The summed E-state index contributed by atoms with van der Waals surface area (Å²) < 4.78 is 2.11. The third kappa shape index (κ3) is 6.08. The molecule has 1 aromatic rings. The fourth-order valence-corrected chi connectivity index (χ4v) is 2.73. The van der Waals surface area contributed by atoms with E-state index in [9.17, 15) is 0 Å². The number of hydrogen-bond acceptors (Lipinski definition) is 2. The molecule has 0 spiro atoms. The summed E-state index contributed by atoms with van der Waals surface area (Å²) in [6, 6.07) is 2.94. The predicted molar refractivity (Wildman–Crippen MR) is 86.9 cm³/mol. The van der Waals surface area contributed by atoms with Crippen LogP contribution in [-0.2, 0) is 6.42 Å². The lowest BCUT2D eigenvalue weighted by molar-refractivity contribution is 0.423. The highest BCUT2D eigenvalue weighted by Crippen LogP contribution is 2.15. The van der Waals surface area contributed by atoms with Gasteiger partial charge < -0.3 is 5.73 Å². The average Bonchev–Trinajstić information content (AvgIpc) is 2.88. The molecule has 0 aliphatic carbocycles. The Morgan fingerprint density at radius 1 is 1.10 bits per heavy atom. The lowest BCUT2D eigenvalue weighted by atomic mass is 10.0. The van der Waals surface area contributed by atoms with E-state index in [4.69, 9.17) is 5.73 Å². The summed E-state index contributed by atoms with van der Waals surface area (Å²) in [6.45, 7) is 6.69. The van der Waals surface area contributed by atoms with Gasteiger partial charge in [0.1, 0.15) is 0 Å². The van der Waals surface area contributed by atoms with Crippen molar-refractivity contribution in [2.24, 2.45) is 5.73 Å². The molecule has 116 valence electrons. The molecule has 20 heavy (non-hydrogen) atoms. The fourth-order valence-electron chi connectivity index (χ4n) is 2.73. The Morgan fingerprint density at radius 3 is 2.45 bits per heavy atom. The minimum atomic E-state index is 0.265. The zero-order chi connectivity index (χ0) is 14.8. The van der Waals surface area contributed by atoms with Crippen LogP contribution in [0.5, 0.6) is 0 Å². The van der Waals surface area contributed by atoms with Gasteiger partial charge in [0.2, 0.25) is 0 Å². The number of rotatable bonds is 11. The Hall–Kier alpha value is -0.830. The Kier molecular flexibility index (Phi) is 8.59. The van der Waals surface area contributed by atoms with Crippen molar-refractivity contribution in [1.29, 1.82) is 0 Å². The van der Waals surface area contributed by atoms with Gasteiger partial charge in [0.15, 0.2) is 0 Å². The van der Waals surface area contributed by atoms with Crippen molar-refractivity contribution < 1.29 is 0 Å². The lowest BCUT2D eigenvalue weighted by Gasteiger charge is -2.13. The normalized spacial score (nSPS) is 13.1. The van der Waals surface area contributed by atoms with Crippen molar-refractivity contribution in [1.82, 2.24) is 9.78 Å². The van der Waals surface area contributed by atoms with Crippen molar-refractivity contribution in [2.75, 3.05) is 0 Å². The van der Waals surface area contributed by atoms with Crippen LogP contribution in [0.15, 0.2) is 12.3 Å². The van der Waals surface area contributed by atoms with Crippen molar-refractivity contribution in [2.45, 2.75) is 90.6 Å². The molecular formula is C17H33N3. The van der Waals surface area contributed by atoms with Gasteiger partial charge in [0.05, 0.1) is 11.7 Å². The van der Waals surface area contributed by atoms with Gasteiger partial charge in [-0.25, -0.2) is 0 Å². The van der Waals surface area contributed by atoms with Gasteiger partial charge in [-0.05, 0) is 25.3 Å². The Bertz CT molecular complexity index is 342. The van der Waals surface area contributed by atoms with Gasteiger partial charge in [-0.1, -0.05) is 52.9 Å². The van der Waals surface area contributed by atoms with Gasteiger partial charge in [-0.2, -0.15) is 5.10 Å². The van der Waals surface area contributed by atoms with Gasteiger partial charge >= 0.3 is 0 Å². The van der Waals surface area contributed by atoms with E-state index in [1.54, 1.807) is 0 Å². The van der Waals surface area contributed by atoms with Crippen LogP contribution in [-0.4, -0.2) is 15.8 Å². The third-order valence-electron chi connectivity index (χ3n) is 4.13. The predicted octanol–water partition coefficient (Wildman–Crippen LogP) is 4.47. The molecule has 3 heteroatoms. The maximum absolute atomic E-state index is 6.22. The van der Waals surface area contributed by atoms with E-state index in [2.05, 4.69) is 42.8 Å². The van der Waals surface area contributed by atoms with Gasteiger partial charge in [-0.3, -0.25) is 4.68 Å². The molecule has 3 nitrogen and oxygen atoms in total. The lowest BCUT2D eigenvalue weighted by Crippen LogP contribution is -2.23. The maximum Gasteiger partial charge on any atom is 0.0640 e. The van der Waals surface area contributed by atoms with E-state index in [-0.39, 0.29) is 6.04 Å². The molecular weight excluding hydrogens is 246 g/mol. The number of aromatic nitrogens is 2. The average molecular weight is 279 g/mol. The highest BCUT2D eigenvalue weighted by atomic mass is 15.3. The number of nitrogens with zero attached hydrogens (tertiary/aromatic N) is 2. The molecule has 0 bridgehead atoms. The first-order valence-corrected chi connectivity index (χ1v) is 8.50.